The molecule has 0 spiro atoms. The van der Waals surface area contributed by atoms with Crippen molar-refractivity contribution in [3.63, 3.8) is 0 Å². The number of carbonyl (C=O) groups is 4. The van der Waals surface area contributed by atoms with Crippen LogP contribution in [0.5, 0.6) is 0 Å². The van der Waals surface area contributed by atoms with Gasteiger partial charge in [-0.2, -0.15) is 5.43 Å². The monoisotopic (exact) mass is 913 g/mol. The molecule has 65 heavy (non-hydrogen) atoms. The van der Waals surface area contributed by atoms with E-state index in [4.69, 9.17) is 19.4 Å². The van der Waals surface area contributed by atoms with E-state index in [2.05, 4.69) is 51.4 Å². The standard InChI is InChI=1S/C48H67N9O7S/c1-12-55-38-17-16-32-21-34(38)35(42(55)33-15-13-19-49-40(33)31(6)63-11)23-47(7,8)27-64-45(60)48(62)18-14-20-56(52-48)44(59)36(22-39-50-37(32)26-65-39)51-43(58)41(28(2)3)54(10)46(61)57-29(4)24-53(9)25-30(57)5/h13,15-17,19,21,26,28-31,36,41,52,62H,12,14,18,20,22-25,27H2,1-11H3,(H,51,58)/t29-,30-,31-,36-,41-,48-/m0/s1. The summed E-state index contributed by atoms with van der Waals surface area (Å²) >= 11 is 1.38. The van der Waals surface area contributed by atoms with Gasteiger partial charge in [0.2, 0.25) is 11.6 Å². The summed E-state index contributed by atoms with van der Waals surface area (Å²) in [6.45, 7) is 18.1. The van der Waals surface area contributed by atoms with Gasteiger partial charge in [0.05, 0.1) is 34.8 Å². The number of amides is 4. The van der Waals surface area contributed by atoms with E-state index in [1.54, 1.807) is 20.4 Å². The molecule has 0 radical (unpaired) electrons. The number of piperazine rings is 1. The molecule has 17 heteroatoms. The molecule has 1 aromatic carbocycles. The molecule has 3 aliphatic heterocycles. The molecule has 0 aliphatic carbocycles. The fourth-order valence-corrected chi connectivity index (χ4v) is 10.9. The Bertz CT molecular complexity index is 2400. The maximum Gasteiger partial charge on any atom is 0.355 e. The summed E-state index contributed by atoms with van der Waals surface area (Å²) in [6.07, 6.45) is 2.31. The largest absolute Gasteiger partial charge is 0.462 e. The summed E-state index contributed by atoms with van der Waals surface area (Å²) in [5, 5.41) is 19.6. The van der Waals surface area contributed by atoms with E-state index in [1.165, 1.54) is 21.2 Å². The van der Waals surface area contributed by atoms with E-state index in [1.807, 2.05) is 71.9 Å². The third-order valence-electron chi connectivity index (χ3n) is 13.2. The first kappa shape index (κ1) is 48.0. The van der Waals surface area contributed by atoms with E-state index in [9.17, 15) is 24.3 Å². The van der Waals surface area contributed by atoms with E-state index in [-0.39, 0.29) is 62.6 Å². The molecular weight excluding hydrogens is 847 g/mol. The third-order valence-corrected chi connectivity index (χ3v) is 14.1. The zero-order valence-electron chi connectivity index (χ0n) is 39.8. The number of hydrogen-bond acceptors (Lipinski definition) is 12. The van der Waals surface area contributed by atoms with Crippen molar-refractivity contribution in [2.45, 2.75) is 124 Å². The highest BCUT2D eigenvalue weighted by Crippen LogP contribution is 2.42. The van der Waals surface area contributed by atoms with Crippen LogP contribution in [0.3, 0.4) is 0 Å². The van der Waals surface area contributed by atoms with Crippen LogP contribution >= 0.6 is 11.3 Å². The molecule has 16 nitrogen and oxygen atoms in total. The van der Waals surface area contributed by atoms with Crippen molar-refractivity contribution in [1.29, 1.82) is 0 Å². The highest BCUT2D eigenvalue weighted by atomic mass is 32.1. The quantitative estimate of drug-likeness (QED) is 0.187. The number of aliphatic hydroxyl groups is 1. The maximum absolute atomic E-state index is 14.7. The van der Waals surface area contributed by atoms with Crippen molar-refractivity contribution < 1.29 is 33.8 Å². The Morgan fingerprint density at radius 2 is 1.86 bits per heavy atom. The first-order valence-corrected chi connectivity index (χ1v) is 23.8. The fraction of sp³-hybridized carbons (Fsp3) is 0.583. The van der Waals surface area contributed by atoms with Crippen LogP contribution in [0, 0.1) is 11.3 Å². The number of aromatic nitrogens is 3. The predicted octanol–water partition coefficient (Wildman–Crippen LogP) is 5.62. The summed E-state index contributed by atoms with van der Waals surface area (Å²) in [4.78, 5) is 72.7. The van der Waals surface area contributed by atoms with Crippen molar-refractivity contribution in [1.82, 2.24) is 45.0 Å². The molecule has 0 saturated carbocycles. The maximum atomic E-state index is 14.7. The van der Waals surface area contributed by atoms with E-state index in [0.29, 0.717) is 31.1 Å². The number of hydrogen-bond donors (Lipinski definition) is 3. The minimum absolute atomic E-state index is 0.00670. The molecule has 7 rings (SSSR count). The van der Waals surface area contributed by atoms with Crippen LogP contribution in [0.2, 0.25) is 0 Å². The van der Waals surface area contributed by atoms with E-state index < -0.39 is 41.0 Å². The van der Waals surface area contributed by atoms with Crippen LogP contribution in [0.15, 0.2) is 41.9 Å². The Kier molecular flexibility index (Phi) is 14.1. The number of methoxy groups -OCH3 is 1. The number of urea groups is 1. The topological polar surface area (TPSA) is 175 Å². The Labute approximate surface area is 386 Å². The average molecular weight is 914 g/mol. The SMILES string of the molecule is CCn1c(-c2cccnc2[C@H](C)OC)c2c3cc(ccc31)-c1csc(n1)C[C@H](NC(=O)[C@H](C(C)C)N(C)C(=O)N1[C@@H](C)CN(C)C[C@@H]1C)C(=O)N1CCC[C@@](O)(N1)C(=O)OCC(C)(C)C2. The second-order valence-corrected chi connectivity index (χ2v) is 20.3. The van der Waals surface area contributed by atoms with Crippen LogP contribution in [0.4, 0.5) is 4.79 Å². The van der Waals surface area contributed by atoms with Crippen LogP contribution < -0.4 is 10.7 Å². The number of likely N-dealkylation sites (N-methyl/N-ethyl adjacent to an activating group) is 2. The number of nitrogens with one attached hydrogen (secondary N) is 2. The lowest BCUT2D eigenvalue weighted by molar-refractivity contribution is -0.189. The molecule has 2 saturated heterocycles. The number of esters is 1. The number of nitrogens with zero attached hydrogens (tertiary/aromatic N) is 7. The lowest BCUT2D eigenvalue weighted by atomic mass is 9.84. The molecule has 2 fully saturated rings. The van der Waals surface area contributed by atoms with Crippen molar-refractivity contribution in [3.05, 3.63) is 58.2 Å². The van der Waals surface area contributed by atoms with Gasteiger partial charge in [-0.15, -0.1) is 11.3 Å². The molecule has 352 valence electrons. The molecule has 3 aliphatic rings. The van der Waals surface area contributed by atoms with Crippen LogP contribution in [0.1, 0.15) is 90.6 Å². The lowest BCUT2D eigenvalue weighted by Gasteiger charge is -2.46. The molecule has 4 aromatic rings. The molecule has 4 amide bonds. The zero-order chi connectivity index (χ0) is 47.1. The summed E-state index contributed by atoms with van der Waals surface area (Å²) in [7, 11) is 5.34. The van der Waals surface area contributed by atoms with Crippen molar-refractivity contribution in [2.24, 2.45) is 11.3 Å². The van der Waals surface area contributed by atoms with Crippen LogP contribution in [-0.4, -0.2) is 141 Å². The van der Waals surface area contributed by atoms with Gasteiger partial charge in [0.1, 0.15) is 12.1 Å². The Morgan fingerprint density at radius 1 is 1.14 bits per heavy atom. The van der Waals surface area contributed by atoms with Gasteiger partial charge in [0.15, 0.2) is 0 Å². The van der Waals surface area contributed by atoms with E-state index >= 15 is 0 Å². The summed E-state index contributed by atoms with van der Waals surface area (Å²) in [5.74, 6) is -2.26. The van der Waals surface area contributed by atoms with Gasteiger partial charge in [-0.25, -0.2) is 14.6 Å². The number of fused-ring (bicyclic) bond motifs is 6. The summed E-state index contributed by atoms with van der Waals surface area (Å²) in [5.41, 5.74) is 6.38. The number of cyclic esters (lactones) is 1. The Balaban J connectivity index is 1.30. The normalized spacial score (nSPS) is 24.1. The third kappa shape index (κ3) is 9.66. The first-order valence-electron chi connectivity index (χ1n) is 22.9. The fourth-order valence-electron chi connectivity index (χ4n) is 10.1. The van der Waals surface area contributed by atoms with E-state index in [0.717, 1.165) is 44.7 Å². The molecule has 0 unspecified atom stereocenters. The van der Waals surface area contributed by atoms with Gasteiger partial charge < -0.3 is 39.2 Å². The number of pyridine rings is 1. The smallest absolute Gasteiger partial charge is 0.355 e. The van der Waals surface area contributed by atoms with Crippen molar-refractivity contribution in [3.8, 4) is 22.5 Å². The van der Waals surface area contributed by atoms with Gasteiger partial charge in [-0.1, -0.05) is 33.8 Å². The van der Waals surface area contributed by atoms with Crippen molar-refractivity contribution in [2.75, 3.05) is 47.4 Å². The van der Waals surface area contributed by atoms with Crippen LogP contribution in [-0.2, 0) is 43.2 Å². The van der Waals surface area contributed by atoms with Crippen molar-refractivity contribution >= 4 is 46.1 Å². The van der Waals surface area contributed by atoms with Gasteiger partial charge in [0, 0.05) is 104 Å². The second-order valence-electron chi connectivity index (χ2n) is 19.4. The van der Waals surface area contributed by atoms with Gasteiger partial charge in [-0.05, 0) is 83.3 Å². The first-order chi connectivity index (χ1) is 30.8. The van der Waals surface area contributed by atoms with Crippen LogP contribution in [0.25, 0.3) is 33.4 Å². The summed E-state index contributed by atoms with van der Waals surface area (Å²) < 4.78 is 14.1. The number of rotatable bonds is 8. The number of carbonyl (C=O) groups excluding carboxylic acids is 4. The highest BCUT2D eigenvalue weighted by molar-refractivity contribution is 7.10. The molecule has 6 atom stereocenters. The molecule has 6 bridgehead atoms. The second kappa shape index (κ2) is 19.1. The number of hydrazine groups is 1. The number of thiazole rings is 1. The lowest BCUT2D eigenvalue weighted by Crippen LogP contribution is -2.67. The Morgan fingerprint density at radius 3 is 2.54 bits per heavy atom. The molecular formula is C48H67N9O7S. The number of ether oxygens (including phenoxy) is 2. The minimum Gasteiger partial charge on any atom is -0.462 e. The number of benzene rings is 1. The van der Waals surface area contributed by atoms with Gasteiger partial charge >= 0.3 is 12.0 Å². The zero-order valence-corrected chi connectivity index (χ0v) is 40.6. The average Bonchev–Trinajstić information content (AvgIpc) is 3.85. The highest BCUT2D eigenvalue weighted by Gasteiger charge is 2.46. The molecule has 3 aromatic heterocycles. The summed E-state index contributed by atoms with van der Waals surface area (Å²) in [6, 6.07) is 7.82. The van der Waals surface area contributed by atoms with Gasteiger partial charge in [0.25, 0.3) is 5.91 Å². The molecule has 6 heterocycles. The van der Waals surface area contributed by atoms with Gasteiger partial charge in [-0.3, -0.25) is 19.6 Å². The predicted molar refractivity (Wildman–Crippen MR) is 251 cm³/mol. The Hall–Kier alpha value is -4.94. The minimum atomic E-state index is -2.21. The molecule has 3 N–H and O–H groups in total. The number of aryl methyl sites for hydroxylation is 1.